The minimum absolute atomic E-state index is 0.0379. The smallest absolute Gasteiger partial charge is 0.410 e. The zero-order valence-corrected chi connectivity index (χ0v) is 34.7. The topological polar surface area (TPSA) is 129 Å². The van der Waals surface area contributed by atoms with Crippen molar-refractivity contribution in [2.75, 3.05) is 40.1 Å². The lowest BCUT2D eigenvalue weighted by Gasteiger charge is -2.59. The maximum absolute atomic E-state index is 14.7. The summed E-state index contributed by atoms with van der Waals surface area (Å²) in [6, 6.07) is 11.6. The number of hydrogen-bond acceptors (Lipinski definition) is 10. The van der Waals surface area contributed by atoms with Crippen LogP contribution < -0.4 is 9.47 Å². The standard InChI is InChI=1S/C46H63FN2O9/c1-6-24-56-46-40(49(5)44(52)55-30-45(2,3)4)28-38(48-58-41-19-11-14-25-53-41)35-26-31(15-9-12-22-50)34(17-10-13-23-51)42(43(35)46)36-27-33(20-21-39(36)57-46)54-29-32-16-7-8-18-37(32)47/h6-8,16,18,20-21,26-27,31,34,40-43,50-51H,1,9-15,17,19,22-25,28-30H2,2-5H3. The first-order chi connectivity index (χ1) is 28.0. The number of oxime groups is 1. The molecule has 58 heavy (non-hydrogen) atoms. The van der Waals surface area contributed by atoms with Gasteiger partial charge in [-0.05, 0) is 85.6 Å². The van der Waals surface area contributed by atoms with E-state index in [0.717, 1.165) is 56.1 Å². The van der Waals surface area contributed by atoms with Crippen molar-refractivity contribution in [3.8, 4) is 11.5 Å². The van der Waals surface area contributed by atoms with Crippen molar-refractivity contribution < 1.29 is 47.9 Å². The van der Waals surface area contributed by atoms with Gasteiger partial charge in [0.2, 0.25) is 12.1 Å². The Kier molecular flexibility index (Phi) is 14.9. The molecule has 2 heterocycles. The Bertz CT molecular complexity index is 1750. The summed E-state index contributed by atoms with van der Waals surface area (Å²) in [6.07, 6.45) is 10.4. The number of fused-ring (bicyclic) bond motifs is 2. The molecule has 2 fully saturated rings. The van der Waals surface area contributed by atoms with Gasteiger partial charge in [-0.15, -0.1) is 6.58 Å². The number of hydrogen-bond donors (Lipinski definition) is 2. The molecule has 7 atom stereocenters. The number of aliphatic hydroxyl groups excluding tert-OH is 2. The normalized spacial score (nSPS) is 27.1. The van der Waals surface area contributed by atoms with Crippen LogP contribution in [0.3, 0.4) is 0 Å². The zero-order chi connectivity index (χ0) is 41.3. The van der Waals surface area contributed by atoms with Crippen molar-refractivity contribution in [3.63, 3.8) is 0 Å². The summed E-state index contributed by atoms with van der Waals surface area (Å²) < 4.78 is 47.0. The number of unbranched alkanes of at least 4 members (excludes halogenated alkanes) is 2. The van der Waals surface area contributed by atoms with Crippen molar-refractivity contribution in [1.29, 1.82) is 0 Å². The molecular formula is C46H63FN2O9. The Hall–Kier alpha value is -3.97. The van der Waals surface area contributed by atoms with Crippen LogP contribution in [0.25, 0.3) is 0 Å². The minimum atomic E-state index is -1.41. The third-order valence-corrected chi connectivity index (χ3v) is 11.8. The van der Waals surface area contributed by atoms with Crippen LogP contribution in [0.5, 0.6) is 11.5 Å². The van der Waals surface area contributed by atoms with E-state index in [2.05, 4.69) is 12.7 Å². The highest BCUT2D eigenvalue weighted by Gasteiger charge is 2.65. The predicted octanol–water partition coefficient (Wildman–Crippen LogP) is 8.68. The Morgan fingerprint density at radius 2 is 1.86 bits per heavy atom. The Morgan fingerprint density at radius 3 is 2.57 bits per heavy atom. The van der Waals surface area contributed by atoms with Crippen LogP contribution in [-0.2, 0) is 25.7 Å². The van der Waals surface area contributed by atoms with Crippen LogP contribution in [0, 0.1) is 29.0 Å². The number of likely N-dealkylation sites (N-methyl/N-ethyl adjacent to an activating group) is 1. The van der Waals surface area contributed by atoms with E-state index in [0.29, 0.717) is 42.2 Å². The number of carbonyl (C=O) groups excluding carboxylic acids is 1. The van der Waals surface area contributed by atoms with Gasteiger partial charge in [0.1, 0.15) is 30.0 Å². The molecule has 2 aliphatic carbocycles. The lowest BCUT2D eigenvalue weighted by atomic mass is 9.55. The van der Waals surface area contributed by atoms with E-state index < -0.39 is 30.1 Å². The van der Waals surface area contributed by atoms with Crippen molar-refractivity contribution in [2.45, 2.75) is 116 Å². The maximum Gasteiger partial charge on any atom is 0.410 e. The molecule has 2 aromatic carbocycles. The molecule has 6 rings (SSSR count). The molecule has 1 amide bonds. The first kappa shape index (κ1) is 43.6. The summed E-state index contributed by atoms with van der Waals surface area (Å²) in [4.78, 5) is 21.8. The molecule has 2 N–H and O–H groups in total. The fourth-order valence-electron chi connectivity index (χ4n) is 9.02. The molecule has 318 valence electrons. The second kappa shape index (κ2) is 19.9. The van der Waals surface area contributed by atoms with Crippen molar-refractivity contribution in [1.82, 2.24) is 4.90 Å². The molecule has 1 saturated carbocycles. The van der Waals surface area contributed by atoms with E-state index in [1.165, 1.54) is 6.07 Å². The van der Waals surface area contributed by atoms with Gasteiger partial charge in [-0.3, -0.25) is 0 Å². The van der Waals surface area contributed by atoms with Gasteiger partial charge >= 0.3 is 6.09 Å². The number of nitrogens with zero attached hydrogens (tertiary/aromatic N) is 2. The zero-order valence-electron chi connectivity index (χ0n) is 34.7. The first-order valence-electron chi connectivity index (χ1n) is 21.1. The third-order valence-electron chi connectivity index (χ3n) is 11.8. The van der Waals surface area contributed by atoms with Crippen LogP contribution in [0.4, 0.5) is 9.18 Å². The molecule has 0 spiro atoms. The van der Waals surface area contributed by atoms with Crippen molar-refractivity contribution in [2.24, 2.45) is 28.3 Å². The average Bonchev–Trinajstić information content (AvgIpc) is 3.22. The fourth-order valence-corrected chi connectivity index (χ4v) is 9.02. The minimum Gasteiger partial charge on any atom is -0.489 e. The summed E-state index contributed by atoms with van der Waals surface area (Å²) in [5.41, 5.74) is 2.71. The number of benzene rings is 2. The molecule has 0 radical (unpaired) electrons. The largest absolute Gasteiger partial charge is 0.489 e. The number of amides is 1. The monoisotopic (exact) mass is 806 g/mol. The molecule has 7 unspecified atom stereocenters. The quantitative estimate of drug-likeness (QED) is 0.0864. The summed E-state index contributed by atoms with van der Waals surface area (Å²) in [5, 5.41) is 24.6. The number of rotatable bonds is 18. The van der Waals surface area contributed by atoms with Gasteiger partial charge in [0.25, 0.3) is 0 Å². The Labute approximate surface area is 343 Å². The highest BCUT2D eigenvalue weighted by atomic mass is 19.1. The molecule has 0 bridgehead atoms. The highest BCUT2D eigenvalue weighted by Crippen LogP contribution is 2.62. The second-order valence-corrected chi connectivity index (χ2v) is 17.3. The van der Waals surface area contributed by atoms with Crippen molar-refractivity contribution >= 4 is 11.8 Å². The number of ether oxygens (including phenoxy) is 5. The second-order valence-electron chi connectivity index (χ2n) is 17.3. The Balaban J connectivity index is 1.52. The van der Waals surface area contributed by atoms with E-state index in [1.807, 2.05) is 39.0 Å². The molecule has 11 nitrogen and oxygen atoms in total. The van der Waals surface area contributed by atoms with E-state index in [1.54, 1.807) is 36.2 Å². The highest BCUT2D eigenvalue weighted by molar-refractivity contribution is 6.02. The van der Waals surface area contributed by atoms with E-state index in [9.17, 15) is 19.4 Å². The summed E-state index contributed by atoms with van der Waals surface area (Å²) in [7, 11) is 1.72. The number of allylic oxidation sites excluding steroid dienone is 1. The van der Waals surface area contributed by atoms with Crippen LogP contribution >= 0.6 is 0 Å². The van der Waals surface area contributed by atoms with Gasteiger partial charge in [0, 0.05) is 50.1 Å². The summed E-state index contributed by atoms with van der Waals surface area (Å²) in [5.74, 6) is -1.20. The SMILES string of the molecule is C=CCOC12Oc3ccc(OCc4ccccc4F)cc3C3C(CCCCO)C(CCCCO)C=C(C(=NOC4CCCCO4)CC1N(C)C(=O)OCC(C)(C)C)C32. The molecule has 1 saturated heterocycles. The van der Waals surface area contributed by atoms with Crippen LogP contribution in [0.2, 0.25) is 0 Å². The average molecular weight is 807 g/mol. The number of halogens is 1. The molecule has 4 aliphatic rings. The molecule has 2 aromatic rings. The summed E-state index contributed by atoms with van der Waals surface area (Å²) >= 11 is 0. The Morgan fingerprint density at radius 1 is 1.09 bits per heavy atom. The van der Waals surface area contributed by atoms with Gasteiger partial charge in [-0.1, -0.05) is 69.1 Å². The predicted molar refractivity (Wildman–Crippen MR) is 219 cm³/mol. The van der Waals surface area contributed by atoms with E-state index >= 15 is 0 Å². The molecule has 0 aromatic heterocycles. The molecule has 2 aliphatic heterocycles. The van der Waals surface area contributed by atoms with Gasteiger partial charge < -0.3 is 43.6 Å². The van der Waals surface area contributed by atoms with Gasteiger partial charge in [-0.25, -0.2) is 9.18 Å². The van der Waals surface area contributed by atoms with Crippen molar-refractivity contribution in [3.05, 3.63) is 83.7 Å². The lowest BCUT2D eigenvalue weighted by Crippen LogP contribution is -2.69. The van der Waals surface area contributed by atoms with Crippen LogP contribution in [0.15, 0.2) is 71.9 Å². The molecular weight excluding hydrogens is 744 g/mol. The summed E-state index contributed by atoms with van der Waals surface area (Å²) in [6.45, 7) is 11.2. The van der Waals surface area contributed by atoms with Gasteiger partial charge in [0.15, 0.2) is 0 Å². The third kappa shape index (κ3) is 10.1. The lowest BCUT2D eigenvalue weighted by molar-refractivity contribution is -0.254. The maximum atomic E-state index is 14.7. The first-order valence-corrected chi connectivity index (χ1v) is 21.1. The van der Waals surface area contributed by atoms with Gasteiger partial charge in [0.05, 0.1) is 31.5 Å². The van der Waals surface area contributed by atoms with Crippen LogP contribution in [-0.4, -0.2) is 85.1 Å². The number of carbonyl (C=O) groups is 1. The molecule has 12 heteroatoms. The number of aliphatic hydroxyl groups is 2. The van der Waals surface area contributed by atoms with E-state index in [4.69, 9.17) is 33.7 Å². The fraction of sp³-hybridized carbons (Fsp3) is 0.609. The van der Waals surface area contributed by atoms with Crippen LogP contribution in [0.1, 0.15) is 102 Å². The van der Waals surface area contributed by atoms with Gasteiger partial charge in [-0.2, -0.15) is 0 Å². The van der Waals surface area contributed by atoms with E-state index in [-0.39, 0.29) is 68.4 Å².